The Morgan fingerprint density at radius 2 is 0.935 bits per heavy atom. The Labute approximate surface area is 265 Å². The summed E-state index contributed by atoms with van der Waals surface area (Å²) in [4.78, 5) is 2.19. The number of hydrogen-bond acceptors (Lipinski definition) is 1. The van der Waals surface area contributed by atoms with Crippen molar-refractivity contribution >= 4 is 60.7 Å². The maximum Gasteiger partial charge on any atom is 0.125 e. The SMILES string of the molecule is Fc1cccc(N(c2ccc3c4ccccc4n(-c4ccccc4)c3c2)c2cccc3c4ccccc4n(-c4ccccc4)c23)c1. The molecule has 0 atom stereocenters. The quantitative estimate of drug-likeness (QED) is 0.193. The molecule has 4 heteroatoms. The van der Waals surface area contributed by atoms with Crippen molar-refractivity contribution in [1.82, 2.24) is 9.13 Å². The Morgan fingerprint density at radius 3 is 1.65 bits per heavy atom. The van der Waals surface area contributed by atoms with E-state index in [2.05, 4.69) is 147 Å². The fourth-order valence-electron chi connectivity index (χ4n) is 7.02. The van der Waals surface area contributed by atoms with Gasteiger partial charge in [-0.1, -0.05) is 97.1 Å². The Hall–Kier alpha value is -6.13. The van der Waals surface area contributed by atoms with E-state index >= 15 is 4.39 Å². The van der Waals surface area contributed by atoms with Crippen molar-refractivity contribution in [3.63, 3.8) is 0 Å². The van der Waals surface area contributed by atoms with Crippen molar-refractivity contribution in [3.8, 4) is 11.4 Å². The minimum absolute atomic E-state index is 0.280. The van der Waals surface area contributed by atoms with Crippen LogP contribution in [0.25, 0.3) is 55.0 Å². The molecule has 0 aliphatic rings. The molecule has 0 spiro atoms. The summed E-state index contributed by atoms with van der Waals surface area (Å²) in [5.74, 6) is -0.280. The van der Waals surface area contributed by atoms with Gasteiger partial charge in [-0.05, 0) is 72.8 Å². The molecule has 46 heavy (non-hydrogen) atoms. The number of aromatic nitrogens is 2. The van der Waals surface area contributed by atoms with Gasteiger partial charge in [-0.2, -0.15) is 0 Å². The Balaban J connectivity index is 1.39. The molecule has 0 bridgehead atoms. The summed E-state index contributed by atoms with van der Waals surface area (Å²) in [6, 6.07) is 57.9. The van der Waals surface area contributed by atoms with Crippen molar-refractivity contribution in [3.05, 3.63) is 176 Å². The molecule has 218 valence electrons. The minimum atomic E-state index is -0.280. The number of fused-ring (bicyclic) bond motifs is 6. The summed E-state index contributed by atoms with van der Waals surface area (Å²) in [6.45, 7) is 0. The number of nitrogens with zero attached hydrogens (tertiary/aromatic N) is 3. The number of para-hydroxylation sites is 5. The first kappa shape index (κ1) is 26.3. The molecule has 9 aromatic rings. The minimum Gasteiger partial charge on any atom is -0.309 e. The number of rotatable bonds is 5. The smallest absolute Gasteiger partial charge is 0.125 e. The molecule has 0 aliphatic heterocycles. The van der Waals surface area contributed by atoms with Crippen LogP contribution in [0.1, 0.15) is 0 Å². The molecule has 3 nitrogen and oxygen atoms in total. The molecule has 0 amide bonds. The Bertz CT molecular complexity index is 2540. The van der Waals surface area contributed by atoms with Gasteiger partial charge in [0.05, 0.1) is 27.8 Å². The first-order valence-electron chi connectivity index (χ1n) is 15.5. The maximum atomic E-state index is 15.0. The second-order valence-electron chi connectivity index (χ2n) is 11.6. The van der Waals surface area contributed by atoms with Crippen molar-refractivity contribution in [2.24, 2.45) is 0 Å². The van der Waals surface area contributed by atoms with Crippen LogP contribution >= 0.6 is 0 Å². The second-order valence-corrected chi connectivity index (χ2v) is 11.6. The highest BCUT2D eigenvalue weighted by Gasteiger charge is 2.23. The zero-order valence-electron chi connectivity index (χ0n) is 24.9. The molecule has 0 aliphatic carbocycles. The van der Waals surface area contributed by atoms with Gasteiger partial charge in [0.15, 0.2) is 0 Å². The van der Waals surface area contributed by atoms with Gasteiger partial charge in [-0.15, -0.1) is 0 Å². The summed E-state index contributed by atoms with van der Waals surface area (Å²) < 4.78 is 19.7. The van der Waals surface area contributed by atoms with Gasteiger partial charge in [-0.25, -0.2) is 4.39 Å². The summed E-state index contributed by atoms with van der Waals surface area (Å²) >= 11 is 0. The molecule has 7 aromatic carbocycles. The van der Waals surface area contributed by atoms with Crippen molar-refractivity contribution in [2.45, 2.75) is 0 Å². The van der Waals surface area contributed by atoms with E-state index in [9.17, 15) is 0 Å². The van der Waals surface area contributed by atoms with E-state index in [-0.39, 0.29) is 5.82 Å². The third-order valence-electron chi connectivity index (χ3n) is 8.93. The van der Waals surface area contributed by atoms with Crippen LogP contribution < -0.4 is 4.90 Å². The lowest BCUT2D eigenvalue weighted by molar-refractivity contribution is 0.628. The molecule has 0 saturated carbocycles. The second kappa shape index (κ2) is 10.5. The fourth-order valence-corrected chi connectivity index (χ4v) is 7.02. The lowest BCUT2D eigenvalue weighted by Gasteiger charge is -2.27. The van der Waals surface area contributed by atoms with Gasteiger partial charge in [0.1, 0.15) is 5.82 Å². The molecule has 0 N–H and O–H groups in total. The predicted molar refractivity (Wildman–Crippen MR) is 190 cm³/mol. The molecule has 0 fully saturated rings. The van der Waals surface area contributed by atoms with E-state index in [1.807, 2.05) is 18.2 Å². The van der Waals surface area contributed by atoms with E-state index in [0.717, 1.165) is 55.9 Å². The van der Waals surface area contributed by atoms with E-state index in [0.29, 0.717) is 0 Å². The highest BCUT2D eigenvalue weighted by molar-refractivity contribution is 6.15. The summed E-state index contributed by atoms with van der Waals surface area (Å²) in [6.07, 6.45) is 0. The molecule has 2 aromatic heterocycles. The molecular weight excluding hydrogens is 565 g/mol. The molecule has 0 unspecified atom stereocenters. The number of halogens is 1. The Morgan fingerprint density at radius 1 is 0.391 bits per heavy atom. The summed E-state index contributed by atoms with van der Waals surface area (Å²) in [5.41, 5.74) is 9.22. The molecular formula is C42H28FN3. The van der Waals surface area contributed by atoms with Crippen LogP contribution in [0.2, 0.25) is 0 Å². The standard InChI is InChI=1S/C42H28FN3/c43-29-13-11-18-32(27-29)44(33-25-26-36-34-19-7-9-22-38(34)45(41(36)28-33)30-14-3-1-4-15-30)40-24-12-21-37-35-20-8-10-23-39(35)46(42(37)40)31-16-5-2-6-17-31/h1-28H. The van der Waals surface area contributed by atoms with Gasteiger partial charge in [0.25, 0.3) is 0 Å². The lowest BCUT2D eigenvalue weighted by Crippen LogP contribution is -2.12. The first-order valence-corrected chi connectivity index (χ1v) is 15.5. The van der Waals surface area contributed by atoms with Crippen LogP contribution in [0.4, 0.5) is 21.5 Å². The van der Waals surface area contributed by atoms with E-state index in [1.165, 1.54) is 22.2 Å². The third kappa shape index (κ3) is 4.04. The maximum absolute atomic E-state index is 15.0. The number of hydrogen-bond donors (Lipinski definition) is 0. The zero-order valence-corrected chi connectivity index (χ0v) is 24.9. The van der Waals surface area contributed by atoms with Gasteiger partial charge >= 0.3 is 0 Å². The third-order valence-corrected chi connectivity index (χ3v) is 8.93. The van der Waals surface area contributed by atoms with Crippen LogP contribution in [0, 0.1) is 5.82 Å². The normalized spacial score (nSPS) is 11.6. The predicted octanol–water partition coefficient (Wildman–Crippen LogP) is 11.5. The summed E-state index contributed by atoms with van der Waals surface area (Å²) in [7, 11) is 0. The molecule has 9 rings (SSSR count). The summed E-state index contributed by atoms with van der Waals surface area (Å²) in [5, 5.41) is 4.66. The van der Waals surface area contributed by atoms with Crippen LogP contribution in [0.5, 0.6) is 0 Å². The van der Waals surface area contributed by atoms with Crippen molar-refractivity contribution < 1.29 is 4.39 Å². The van der Waals surface area contributed by atoms with Crippen LogP contribution in [-0.4, -0.2) is 9.13 Å². The first-order chi connectivity index (χ1) is 22.8. The van der Waals surface area contributed by atoms with E-state index < -0.39 is 0 Å². The van der Waals surface area contributed by atoms with Gasteiger partial charge < -0.3 is 14.0 Å². The average molecular weight is 594 g/mol. The van der Waals surface area contributed by atoms with Crippen LogP contribution in [0.15, 0.2) is 170 Å². The van der Waals surface area contributed by atoms with Gasteiger partial charge in [-0.3, -0.25) is 0 Å². The zero-order chi connectivity index (χ0) is 30.6. The monoisotopic (exact) mass is 593 g/mol. The van der Waals surface area contributed by atoms with Crippen LogP contribution in [-0.2, 0) is 0 Å². The Kier molecular flexibility index (Phi) is 6.00. The van der Waals surface area contributed by atoms with Gasteiger partial charge in [0, 0.05) is 44.3 Å². The largest absolute Gasteiger partial charge is 0.309 e. The van der Waals surface area contributed by atoms with Crippen molar-refractivity contribution in [2.75, 3.05) is 4.90 Å². The number of benzene rings is 7. The van der Waals surface area contributed by atoms with Crippen LogP contribution in [0.3, 0.4) is 0 Å². The molecule has 2 heterocycles. The average Bonchev–Trinajstić information content (AvgIpc) is 3.62. The van der Waals surface area contributed by atoms with Gasteiger partial charge in [0.2, 0.25) is 0 Å². The van der Waals surface area contributed by atoms with E-state index in [1.54, 1.807) is 12.1 Å². The topological polar surface area (TPSA) is 13.1 Å². The highest BCUT2D eigenvalue weighted by atomic mass is 19.1. The number of anilines is 3. The lowest BCUT2D eigenvalue weighted by atomic mass is 10.1. The van der Waals surface area contributed by atoms with Crippen molar-refractivity contribution in [1.29, 1.82) is 0 Å². The molecule has 0 radical (unpaired) electrons. The van der Waals surface area contributed by atoms with E-state index in [4.69, 9.17) is 0 Å². The molecule has 0 saturated heterocycles. The highest BCUT2D eigenvalue weighted by Crippen LogP contribution is 2.45. The fraction of sp³-hybridized carbons (Fsp3) is 0.